The average Bonchev–Trinajstić information content (AvgIpc) is 2.01. The monoisotopic (exact) mass is 186 g/mol. The van der Waals surface area contributed by atoms with Crippen LogP contribution >= 0.6 is 12.4 Å². The van der Waals surface area contributed by atoms with Gasteiger partial charge in [-0.05, 0) is 6.92 Å². The van der Waals surface area contributed by atoms with E-state index in [2.05, 4.69) is 11.6 Å². The van der Waals surface area contributed by atoms with Crippen molar-refractivity contribution in [2.75, 3.05) is 6.54 Å². The van der Waals surface area contributed by atoms with Crippen LogP contribution in [0.1, 0.15) is 6.92 Å². The largest absolute Gasteiger partial charge is 0.325 e. The molecule has 2 N–H and O–H groups in total. The van der Waals surface area contributed by atoms with Crippen LogP contribution in [0, 0.1) is 0 Å². The van der Waals surface area contributed by atoms with E-state index in [0.29, 0.717) is 23.4 Å². The normalized spacial score (nSPS) is 16.5. The standard InChI is InChI=1S/C8H10N2O.ClH/c1-5-4-10-7(3-9)6(2)8(5)11;/h4H,1,3,9H2,2H3;1H. The summed E-state index contributed by atoms with van der Waals surface area (Å²) < 4.78 is 0. The zero-order valence-corrected chi connectivity index (χ0v) is 7.65. The van der Waals surface area contributed by atoms with Crippen molar-refractivity contribution in [2.24, 2.45) is 10.7 Å². The molecule has 1 rings (SSSR count). The first-order valence-electron chi connectivity index (χ1n) is 3.34. The molecule has 0 aliphatic carbocycles. The van der Waals surface area contributed by atoms with Crippen LogP contribution in [0.3, 0.4) is 0 Å². The zero-order valence-electron chi connectivity index (χ0n) is 6.83. The molecular formula is C8H11ClN2O. The van der Waals surface area contributed by atoms with E-state index in [4.69, 9.17) is 5.73 Å². The van der Waals surface area contributed by atoms with Crippen molar-refractivity contribution in [3.63, 3.8) is 0 Å². The number of rotatable bonds is 1. The van der Waals surface area contributed by atoms with Gasteiger partial charge in [0.25, 0.3) is 0 Å². The summed E-state index contributed by atoms with van der Waals surface area (Å²) in [6, 6.07) is 0. The van der Waals surface area contributed by atoms with E-state index in [1.54, 1.807) is 6.92 Å². The summed E-state index contributed by atoms with van der Waals surface area (Å²) in [4.78, 5) is 15.2. The van der Waals surface area contributed by atoms with Crippen LogP contribution in [0.15, 0.2) is 28.4 Å². The van der Waals surface area contributed by atoms with Crippen LogP contribution in [-0.2, 0) is 4.79 Å². The van der Waals surface area contributed by atoms with E-state index in [0.717, 1.165) is 0 Å². The Morgan fingerprint density at radius 2 is 2.25 bits per heavy atom. The highest BCUT2D eigenvalue weighted by atomic mass is 35.5. The predicted octanol–water partition coefficient (Wildman–Crippen LogP) is 0.851. The van der Waals surface area contributed by atoms with Crippen LogP contribution < -0.4 is 5.73 Å². The molecular weight excluding hydrogens is 176 g/mol. The Morgan fingerprint density at radius 3 is 2.75 bits per heavy atom. The zero-order chi connectivity index (χ0) is 8.43. The third kappa shape index (κ3) is 1.81. The van der Waals surface area contributed by atoms with Crippen LogP contribution in [0.25, 0.3) is 0 Å². The molecule has 1 aliphatic rings. The molecule has 0 fully saturated rings. The lowest BCUT2D eigenvalue weighted by molar-refractivity contribution is -0.111. The highest BCUT2D eigenvalue weighted by Gasteiger charge is 2.15. The van der Waals surface area contributed by atoms with E-state index >= 15 is 0 Å². The molecule has 4 heteroatoms. The average molecular weight is 187 g/mol. The molecule has 66 valence electrons. The minimum atomic E-state index is -0.0551. The van der Waals surface area contributed by atoms with Crippen molar-refractivity contribution in [3.8, 4) is 0 Å². The third-order valence-electron chi connectivity index (χ3n) is 1.63. The Bertz CT molecular complexity index is 279. The van der Waals surface area contributed by atoms with Gasteiger partial charge in [-0.1, -0.05) is 6.58 Å². The molecule has 3 nitrogen and oxygen atoms in total. The summed E-state index contributed by atoms with van der Waals surface area (Å²) in [5.41, 5.74) is 7.04. The first-order chi connectivity index (χ1) is 5.16. The Hall–Kier alpha value is -0.930. The Labute approximate surface area is 77.5 Å². The van der Waals surface area contributed by atoms with Crippen LogP contribution in [0.5, 0.6) is 0 Å². The molecule has 0 amide bonds. The molecule has 0 saturated carbocycles. The first-order valence-corrected chi connectivity index (χ1v) is 3.34. The number of nitrogens with two attached hydrogens (primary N) is 1. The lowest BCUT2D eigenvalue weighted by Gasteiger charge is -2.09. The fraction of sp³-hybridized carbons (Fsp3) is 0.250. The molecule has 1 aliphatic heterocycles. The molecule has 1 heterocycles. The van der Waals surface area contributed by atoms with Gasteiger partial charge in [0.15, 0.2) is 5.78 Å². The van der Waals surface area contributed by atoms with Gasteiger partial charge < -0.3 is 5.73 Å². The number of hydrogen-bond donors (Lipinski definition) is 1. The van der Waals surface area contributed by atoms with E-state index in [-0.39, 0.29) is 18.2 Å². The van der Waals surface area contributed by atoms with Gasteiger partial charge in [-0.3, -0.25) is 9.79 Å². The number of allylic oxidation sites excluding steroid dienone is 2. The molecule has 0 spiro atoms. The van der Waals surface area contributed by atoms with Gasteiger partial charge in [-0.25, -0.2) is 0 Å². The van der Waals surface area contributed by atoms with Crippen molar-refractivity contribution in [2.45, 2.75) is 6.92 Å². The molecule has 12 heavy (non-hydrogen) atoms. The fourth-order valence-corrected chi connectivity index (χ4v) is 0.889. The molecule has 0 saturated heterocycles. The number of nitrogens with zero attached hydrogens (tertiary/aromatic N) is 1. The number of carbonyl (C=O) groups excluding carboxylic acids is 1. The maximum atomic E-state index is 11.2. The van der Waals surface area contributed by atoms with E-state index in [1.807, 2.05) is 0 Å². The highest BCUT2D eigenvalue weighted by molar-refractivity contribution is 6.22. The summed E-state index contributed by atoms with van der Waals surface area (Å²) in [5.74, 6) is -0.0551. The number of ketones is 1. The second kappa shape index (κ2) is 4.18. The molecule has 0 bridgehead atoms. The van der Waals surface area contributed by atoms with Gasteiger partial charge >= 0.3 is 0 Å². The number of hydrogen-bond acceptors (Lipinski definition) is 3. The van der Waals surface area contributed by atoms with Gasteiger partial charge in [-0.2, -0.15) is 0 Å². The van der Waals surface area contributed by atoms with Crippen molar-refractivity contribution in [1.29, 1.82) is 0 Å². The van der Waals surface area contributed by atoms with Crippen molar-refractivity contribution < 1.29 is 4.79 Å². The molecule has 0 radical (unpaired) electrons. The smallest absolute Gasteiger partial charge is 0.191 e. The minimum absolute atomic E-state index is 0. The minimum Gasteiger partial charge on any atom is -0.325 e. The molecule has 0 atom stereocenters. The van der Waals surface area contributed by atoms with Gasteiger partial charge in [0.05, 0.1) is 5.70 Å². The molecule has 0 unspecified atom stereocenters. The van der Waals surface area contributed by atoms with Gasteiger partial charge in [0.1, 0.15) is 0 Å². The van der Waals surface area contributed by atoms with Crippen molar-refractivity contribution in [3.05, 3.63) is 23.4 Å². The SMILES string of the molecule is C=C1C=NC(CN)=C(C)C1=O.Cl. The van der Waals surface area contributed by atoms with Gasteiger partial charge in [-0.15, -0.1) is 12.4 Å². The van der Waals surface area contributed by atoms with E-state index in [1.165, 1.54) is 6.21 Å². The van der Waals surface area contributed by atoms with Crippen LogP contribution in [0.2, 0.25) is 0 Å². The predicted molar refractivity (Wildman–Crippen MR) is 51.6 cm³/mol. The van der Waals surface area contributed by atoms with Crippen molar-refractivity contribution >= 4 is 24.4 Å². The number of Topliss-reactive ketones (excluding diaryl/α,β-unsaturated/α-hetero) is 1. The summed E-state index contributed by atoms with van der Waals surface area (Å²) in [5, 5.41) is 0. The first kappa shape index (κ1) is 11.1. The second-order valence-corrected chi connectivity index (χ2v) is 2.39. The Balaban J connectivity index is 0.00000121. The van der Waals surface area contributed by atoms with Crippen LogP contribution in [-0.4, -0.2) is 18.5 Å². The Kier molecular flexibility index (Phi) is 3.86. The topological polar surface area (TPSA) is 55.4 Å². The summed E-state index contributed by atoms with van der Waals surface area (Å²) in [6.07, 6.45) is 1.46. The maximum Gasteiger partial charge on any atom is 0.191 e. The quantitative estimate of drug-likeness (QED) is 0.618. The van der Waals surface area contributed by atoms with Gasteiger partial charge in [0.2, 0.25) is 0 Å². The highest BCUT2D eigenvalue weighted by Crippen LogP contribution is 2.13. The molecule has 0 aromatic rings. The second-order valence-electron chi connectivity index (χ2n) is 2.39. The van der Waals surface area contributed by atoms with E-state index in [9.17, 15) is 4.79 Å². The Morgan fingerprint density at radius 1 is 1.67 bits per heavy atom. The van der Waals surface area contributed by atoms with Crippen molar-refractivity contribution in [1.82, 2.24) is 0 Å². The summed E-state index contributed by atoms with van der Waals surface area (Å²) >= 11 is 0. The number of halogens is 1. The number of carbonyl (C=O) groups is 1. The number of aliphatic imine (C=N–C) groups is 1. The lowest BCUT2D eigenvalue weighted by atomic mass is 10.0. The summed E-state index contributed by atoms with van der Waals surface area (Å²) in [7, 11) is 0. The molecule has 0 aromatic carbocycles. The molecule has 0 aromatic heterocycles. The summed E-state index contributed by atoms with van der Waals surface area (Å²) in [6.45, 7) is 5.56. The fourth-order valence-electron chi connectivity index (χ4n) is 0.889. The maximum absolute atomic E-state index is 11.2. The third-order valence-corrected chi connectivity index (χ3v) is 1.63. The van der Waals surface area contributed by atoms with E-state index < -0.39 is 0 Å². The van der Waals surface area contributed by atoms with Gasteiger partial charge in [0, 0.05) is 23.9 Å². The van der Waals surface area contributed by atoms with Crippen LogP contribution in [0.4, 0.5) is 0 Å². The lowest BCUT2D eigenvalue weighted by Crippen LogP contribution is -2.15.